The van der Waals surface area contributed by atoms with Gasteiger partial charge in [-0.25, -0.2) is 9.18 Å². The zero-order valence-electron chi connectivity index (χ0n) is 15.5. The van der Waals surface area contributed by atoms with E-state index in [2.05, 4.69) is 5.32 Å². The number of carbonyl (C=O) groups is 3. The molecule has 142 valence electrons. The van der Waals surface area contributed by atoms with Gasteiger partial charge < -0.3 is 10.1 Å². The average Bonchev–Trinajstić information content (AvgIpc) is 2.64. The van der Waals surface area contributed by atoms with E-state index in [4.69, 9.17) is 4.74 Å². The van der Waals surface area contributed by atoms with E-state index in [1.54, 1.807) is 31.2 Å². The number of aryl methyl sites for hydroxylation is 1. The minimum absolute atomic E-state index is 0.0479. The lowest BCUT2D eigenvalue weighted by atomic mass is 10.1. The number of halogens is 1. The van der Waals surface area contributed by atoms with Gasteiger partial charge >= 0.3 is 5.97 Å². The molecule has 1 amide bonds. The molecule has 0 radical (unpaired) electrons. The van der Waals surface area contributed by atoms with Crippen LogP contribution in [0.1, 0.15) is 53.0 Å². The van der Waals surface area contributed by atoms with E-state index in [9.17, 15) is 18.8 Å². The zero-order chi connectivity index (χ0) is 20.0. The quantitative estimate of drug-likeness (QED) is 0.582. The Morgan fingerprint density at radius 3 is 2.30 bits per heavy atom. The van der Waals surface area contributed by atoms with Crippen molar-refractivity contribution in [3.05, 3.63) is 65.0 Å². The number of ketones is 1. The number of benzene rings is 2. The minimum atomic E-state index is -1.03. The second-order valence-corrected chi connectivity index (χ2v) is 6.25. The molecule has 2 rings (SSSR count). The molecule has 0 aliphatic carbocycles. The lowest BCUT2D eigenvalue weighted by Gasteiger charge is -2.13. The maximum absolute atomic E-state index is 13.6. The molecule has 0 saturated carbocycles. The molecule has 0 saturated heterocycles. The second kappa shape index (κ2) is 9.07. The molecular formula is C21H22FNO4. The van der Waals surface area contributed by atoms with Crippen molar-refractivity contribution in [1.29, 1.82) is 0 Å². The predicted molar refractivity (Wildman–Crippen MR) is 100 cm³/mol. The molecule has 2 aromatic rings. The van der Waals surface area contributed by atoms with E-state index in [0.29, 0.717) is 23.2 Å². The highest BCUT2D eigenvalue weighted by molar-refractivity contribution is 6.02. The highest BCUT2D eigenvalue weighted by Gasteiger charge is 2.21. The summed E-state index contributed by atoms with van der Waals surface area (Å²) in [6.07, 6.45) is 0.145. The van der Waals surface area contributed by atoms with Gasteiger partial charge in [0.05, 0.1) is 5.56 Å². The molecular weight excluding hydrogens is 349 g/mol. The summed E-state index contributed by atoms with van der Waals surface area (Å²) >= 11 is 0. The van der Waals surface area contributed by atoms with Crippen LogP contribution in [0.15, 0.2) is 42.5 Å². The normalized spacial score (nSPS) is 11.6. The number of amides is 1. The van der Waals surface area contributed by atoms with Crippen LogP contribution in [0.5, 0.6) is 0 Å². The standard InChI is InChI=1S/C21H22FNO4/c1-4-5-19(24)23-17-10-8-15(9-11-17)20(25)14(3)27-21(26)16-7-6-13(2)18(22)12-16/h6-12,14H,4-5H2,1-3H3,(H,23,24)/t14-/m0/s1. The molecule has 5 nitrogen and oxygen atoms in total. The number of Topliss-reactive ketones (excluding diaryl/α,β-unsaturated/α-hetero) is 1. The predicted octanol–water partition coefficient (Wildman–Crippen LogP) is 4.30. The second-order valence-electron chi connectivity index (χ2n) is 6.25. The molecule has 0 fully saturated rings. The number of hydrogen-bond acceptors (Lipinski definition) is 4. The Kier molecular flexibility index (Phi) is 6.82. The largest absolute Gasteiger partial charge is 0.451 e. The van der Waals surface area contributed by atoms with Crippen molar-refractivity contribution in [2.24, 2.45) is 0 Å². The molecule has 0 aliphatic rings. The smallest absolute Gasteiger partial charge is 0.338 e. The highest BCUT2D eigenvalue weighted by atomic mass is 19.1. The third kappa shape index (κ3) is 5.48. The summed E-state index contributed by atoms with van der Waals surface area (Å²) in [5, 5.41) is 2.73. The average molecular weight is 371 g/mol. The first-order valence-electron chi connectivity index (χ1n) is 8.73. The van der Waals surface area contributed by atoms with Crippen LogP contribution in [0.3, 0.4) is 0 Å². The number of hydrogen-bond donors (Lipinski definition) is 1. The van der Waals surface area contributed by atoms with Gasteiger partial charge in [0, 0.05) is 17.7 Å². The molecule has 0 aliphatic heterocycles. The van der Waals surface area contributed by atoms with Gasteiger partial charge in [-0.1, -0.05) is 13.0 Å². The maximum Gasteiger partial charge on any atom is 0.338 e. The van der Waals surface area contributed by atoms with Crippen LogP contribution < -0.4 is 5.32 Å². The Balaban J connectivity index is 2.00. The number of rotatable bonds is 7. The molecule has 0 aromatic heterocycles. The Morgan fingerprint density at radius 2 is 1.70 bits per heavy atom. The van der Waals surface area contributed by atoms with Gasteiger partial charge in [-0.15, -0.1) is 0 Å². The summed E-state index contributed by atoms with van der Waals surface area (Å²) in [6, 6.07) is 10.4. The lowest BCUT2D eigenvalue weighted by Crippen LogP contribution is -2.24. The first kappa shape index (κ1) is 20.3. The summed E-state index contributed by atoms with van der Waals surface area (Å²) in [6.45, 7) is 4.96. The summed E-state index contributed by atoms with van der Waals surface area (Å²) in [7, 11) is 0. The van der Waals surface area contributed by atoms with Crippen molar-refractivity contribution in [1.82, 2.24) is 0 Å². The molecule has 0 spiro atoms. The van der Waals surface area contributed by atoms with Crippen molar-refractivity contribution in [3.8, 4) is 0 Å². The first-order chi connectivity index (χ1) is 12.8. The van der Waals surface area contributed by atoms with E-state index in [0.717, 1.165) is 12.5 Å². The van der Waals surface area contributed by atoms with Gasteiger partial charge in [0.2, 0.25) is 11.7 Å². The lowest BCUT2D eigenvalue weighted by molar-refractivity contribution is -0.116. The molecule has 2 aromatic carbocycles. The van der Waals surface area contributed by atoms with E-state index in [-0.39, 0.29) is 17.3 Å². The summed E-state index contributed by atoms with van der Waals surface area (Å²) in [4.78, 5) is 36.1. The molecule has 27 heavy (non-hydrogen) atoms. The minimum Gasteiger partial charge on any atom is -0.451 e. The van der Waals surface area contributed by atoms with Crippen LogP contribution in [0.25, 0.3) is 0 Å². The SMILES string of the molecule is CCCC(=O)Nc1ccc(C(=O)[C@H](C)OC(=O)c2ccc(C)c(F)c2)cc1. The Labute approximate surface area is 157 Å². The summed E-state index contributed by atoms with van der Waals surface area (Å²) in [5.41, 5.74) is 1.40. The molecule has 0 bridgehead atoms. The topological polar surface area (TPSA) is 72.5 Å². The fraction of sp³-hybridized carbons (Fsp3) is 0.286. The number of esters is 1. The fourth-order valence-electron chi connectivity index (χ4n) is 2.41. The van der Waals surface area contributed by atoms with Gasteiger partial charge in [-0.05, 0) is 62.2 Å². The first-order valence-corrected chi connectivity index (χ1v) is 8.73. The number of ether oxygens (including phenoxy) is 1. The number of carbonyl (C=O) groups excluding carboxylic acids is 3. The maximum atomic E-state index is 13.6. The fourth-order valence-corrected chi connectivity index (χ4v) is 2.41. The van der Waals surface area contributed by atoms with Crippen LogP contribution >= 0.6 is 0 Å². The number of anilines is 1. The third-order valence-electron chi connectivity index (χ3n) is 3.99. The van der Waals surface area contributed by atoms with Crippen molar-refractivity contribution < 1.29 is 23.5 Å². The third-order valence-corrected chi connectivity index (χ3v) is 3.99. The van der Waals surface area contributed by atoms with Crippen molar-refractivity contribution in [2.75, 3.05) is 5.32 Å². The van der Waals surface area contributed by atoms with Gasteiger partial charge in [-0.3, -0.25) is 9.59 Å². The Hall–Kier alpha value is -3.02. The van der Waals surface area contributed by atoms with Crippen molar-refractivity contribution in [2.45, 2.75) is 39.7 Å². The van der Waals surface area contributed by atoms with Crippen molar-refractivity contribution >= 4 is 23.3 Å². The highest BCUT2D eigenvalue weighted by Crippen LogP contribution is 2.15. The van der Waals surface area contributed by atoms with Gasteiger partial charge in [-0.2, -0.15) is 0 Å². The van der Waals surface area contributed by atoms with E-state index in [1.807, 2.05) is 6.92 Å². The van der Waals surface area contributed by atoms with E-state index in [1.165, 1.54) is 19.1 Å². The van der Waals surface area contributed by atoms with Crippen molar-refractivity contribution in [3.63, 3.8) is 0 Å². The van der Waals surface area contributed by atoms with Crippen LogP contribution in [0, 0.1) is 12.7 Å². The van der Waals surface area contributed by atoms with Crippen LogP contribution in [-0.4, -0.2) is 23.8 Å². The summed E-state index contributed by atoms with van der Waals surface area (Å²) < 4.78 is 18.7. The Morgan fingerprint density at radius 1 is 1.07 bits per heavy atom. The Bertz CT molecular complexity index is 846. The van der Waals surface area contributed by atoms with Gasteiger partial charge in [0.25, 0.3) is 0 Å². The van der Waals surface area contributed by atoms with Gasteiger partial charge in [0.15, 0.2) is 6.10 Å². The molecule has 6 heteroatoms. The molecule has 0 heterocycles. The van der Waals surface area contributed by atoms with Crippen LogP contribution in [0.4, 0.5) is 10.1 Å². The molecule has 0 unspecified atom stereocenters. The van der Waals surface area contributed by atoms with Gasteiger partial charge in [0.1, 0.15) is 5.82 Å². The summed E-state index contributed by atoms with van der Waals surface area (Å²) in [5.74, 6) is -1.76. The molecule has 1 N–H and O–H groups in total. The van der Waals surface area contributed by atoms with Crippen LogP contribution in [-0.2, 0) is 9.53 Å². The monoisotopic (exact) mass is 371 g/mol. The van der Waals surface area contributed by atoms with E-state index < -0.39 is 17.9 Å². The van der Waals surface area contributed by atoms with Crippen LogP contribution in [0.2, 0.25) is 0 Å². The zero-order valence-corrected chi connectivity index (χ0v) is 15.5. The molecule has 1 atom stereocenters. The number of nitrogens with one attached hydrogen (secondary N) is 1. The van der Waals surface area contributed by atoms with E-state index >= 15 is 0 Å².